The van der Waals surface area contributed by atoms with Crippen molar-refractivity contribution in [2.45, 2.75) is 26.3 Å². The summed E-state index contributed by atoms with van der Waals surface area (Å²) in [5.74, 6) is 0. The molecule has 0 fully saturated rings. The minimum atomic E-state index is 0.771. The number of nitrogens with one attached hydrogen (secondary N) is 1. The van der Waals surface area contributed by atoms with Crippen molar-refractivity contribution in [1.29, 1.82) is 0 Å². The first kappa shape index (κ1) is 13.9. The molecule has 1 rings (SSSR count). The zero-order valence-corrected chi connectivity index (χ0v) is 10.9. The van der Waals surface area contributed by atoms with Crippen LogP contribution in [0.25, 0.3) is 6.08 Å². The van der Waals surface area contributed by atoms with Crippen LogP contribution in [0.15, 0.2) is 18.5 Å². The Morgan fingerprint density at radius 2 is 2.35 bits per heavy atom. The van der Waals surface area contributed by atoms with Gasteiger partial charge in [0.1, 0.15) is 0 Å². The van der Waals surface area contributed by atoms with Crippen LogP contribution in [0.5, 0.6) is 0 Å². The normalized spacial score (nSPS) is 11.4. The summed E-state index contributed by atoms with van der Waals surface area (Å²) in [6.45, 7) is 5.82. The van der Waals surface area contributed by atoms with Gasteiger partial charge in [-0.15, -0.1) is 0 Å². The Balaban J connectivity index is 2.14. The second-order valence-corrected chi connectivity index (χ2v) is 3.97. The molecular formula is C13H23N3O. The molecule has 0 radical (unpaired) electrons. The number of hydrogen-bond donors (Lipinski definition) is 1. The largest absolute Gasteiger partial charge is 0.383 e. The number of ether oxygens (including phenoxy) is 1. The Hall–Kier alpha value is -1.13. The molecule has 96 valence electrons. The Bertz CT molecular complexity index is 320. The molecule has 1 N–H and O–H groups in total. The fourth-order valence-electron chi connectivity index (χ4n) is 1.52. The van der Waals surface area contributed by atoms with E-state index >= 15 is 0 Å². The molecule has 0 bridgehead atoms. The molecular weight excluding hydrogens is 214 g/mol. The zero-order valence-electron chi connectivity index (χ0n) is 10.9. The quantitative estimate of drug-likeness (QED) is 0.667. The average Bonchev–Trinajstić information content (AvgIpc) is 2.76. The van der Waals surface area contributed by atoms with Gasteiger partial charge >= 0.3 is 0 Å². The SMILES string of the molecule is CCCn1cc(C=CCCNCCOC)cn1. The van der Waals surface area contributed by atoms with E-state index in [-0.39, 0.29) is 0 Å². The van der Waals surface area contributed by atoms with Crippen molar-refractivity contribution in [2.75, 3.05) is 26.8 Å². The van der Waals surface area contributed by atoms with E-state index in [1.54, 1.807) is 7.11 Å². The predicted molar refractivity (Wildman–Crippen MR) is 70.9 cm³/mol. The molecule has 0 saturated carbocycles. The number of hydrogen-bond acceptors (Lipinski definition) is 3. The molecule has 1 heterocycles. The maximum absolute atomic E-state index is 4.95. The number of aromatic nitrogens is 2. The lowest BCUT2D eigenvalue weighted by Gasteiger charge is -2.00. The summed E-state index contributed by atoms with van der Waals surface area (Å²) >= 11 is 0. The maximum Gasteiger partial charge on any atom is 0.0587 e. The highest BCUT2D eigenvalue weighted by Gasteiger charge is 1.92. The van der Waals surface area contributed by atoms with Gasteiger partial charge in [0.05, 0.1) is 12.8 Å². The molecule has 1 aromatic heterocycles. The molecule has 0 aliphatic carbocycles. The topological polar surface area (TPSA) is 39.1 Å². The molecule has 0 saturated heterocycles. The summed E-state index contributed by atoms with van der Waals surface area (Å²) in [5, 5.41) is 7.58. The van der Waals surface area contributed by atoms with Gasteiger partial charge in [0.25, 0.3) is 0 Å². The highest BCUT2D eigenvalue weighted by molar-refractivity contribution is 5.46. The van der Waals surface area contributed by atoms with Gasteiger partial charge in [-0.2, -0.15) is 5.10 Å². The van der Waals surface area contributed by atoms with Gasteiger partial charge in [0.15, 0.2) is 0 Å². The number of rotatable bonds is 9. The van der Waals surface area contributed by atoms with Crippen LogP contribution in [-0.2, 0) is 11.3 Å². The summed E-state index contributed by atoms with van der Waals surface area (Å²) < 4.78 is 6.93. The van der Waals surface area contributed by atoms with Gasteiger partial charge in [-0.05, 0) is 19.4 Å². The van der Waals surface area contributed by atoms with Crippen molar-refractivity contribution >= 4 is 6.08 Å². The first-order chi connectivity index (χ1) is 8.36. The summed E-state index contributed by atoms with van der Waals surface area (Å²) in [4.78, 5) is 0. The summed E-state index contributed by atoms with van der Waals surface area (Å²) in [7, 11) is 1.72. The minimum absolute atomic E-state index is 0.771. The third-order valence-electron chi connectivity index (χ3n) is 2.39. The Kier molecular flexibility index (Phi) is 7.34. The van der Waals surface area contributed by atoms with Gasteiger partial charge in [-0.3, -0.25) is 4.68 Å². The molecule has 4 heteroatoms. The highest BCUT2D eigenvalue weighted by Crippen LogP contribution is 2.01. The van der Waals surface area contributed by atoms with Crippen molar-refractivity contribution in [3.05, 3.63) is 24.0 Å². The molecule has 1 aromatic rings. The molecule has 0 atom stereocenters. The average molecular weight is 237 g/mol. The smallest absolute Gasteiger partial charge is 0.0587 e. The first-order valence-electron chi connectivity index (χ1n) is 6.25. The van der Waals surface area contributed by atoms with E-state index < -0.39 is 0 Å². The van der Waals surface area contributed by atoms with Crippen molar-refractivity contribution in [2.24, 2.45) is 0 Å². The second kappa shape index (κ2) is 8.96. The lowest BCUT2D eigenvalue weighted by Crippen LogP contribution is -2.19. The van der Waals surface area contributed by atoms with E-state index in [1.165, 1.54) is 5.56 Å². The fraction of sp³-hybridized carbons (Fsp3) is 0.615. The van der Waals surface area contributed by atoms with Gasteiger partial charge in [0.2, 0.25) is 0 Å². The molecule has 17 heavy (non-hydrogen) atoms. The van der Waals surface area contributed by atoms with Crippen LogP contribution >= 0.6 is 0 Å². The van der Waals surface area contributed by atoms with Crippen LogP contribution in [0.1, 0.15) is 25.3 Å². The molecule has 0 aromatic carbocycles. The zero-order chi connectivity index (χ0) is 12.3. The van der Waals surface area contributed by atoms with E-state index in [1.807, 2.05) is 10.9 Å². The Morgan fingerprint density at radius 1 is 1.47 bits per heavy atom. The van der Waals surface area contributed by atoms with Crippen LogP contribution in [0.2, 0.25) is 0 Å². The van der Waals surface area contributed by atoms with Crippen LogP contribution in [0.4, 0.5) is 0 Å². The summed E-state index contributed by atoms with van der Waals surface area (Å²) in [6.07, 6.45) is 10.4. The van der Waals surface area contributed by atoms with E-state index in [0.717, 1.165) is 39.1 Å². The van der Waals surface area contributed by atoms with E-state index in [4.69, 9.17) is 4.74 Å². The molecule has 0 amide bonds. The third kappa shape index (κ3) is 6.24. The number of aryl methyl sites for hydroxylation is 1. The van der Waals surface area contributed by atoms with Gasteiger partial charge < -0.3 is 10.1 Å². The van der Waals surface area contributed by atoms with E-state index in [2.05, 4.69) is 35.7 Å². The molecule has 4 nitrogen and oxygen atoms in total. The van der Waals surface area contributed by atoms with Gasteiger partial charge in [0, 0.05) is 32.0 Å². The summed E-state index contributed by atoms with van der Waals surface area (Å²) in [5.41, 5.74) is 1.18. The van der Waals surface area contributed by atoms with Crippen LogP contribution in [0.3, 0.4) is 0 Å². The summed E-state index contributed by atoms with van der Waals surface area (Å²) in [6, 6.07) is 0. The van der Waals surface area contributed by atoms with E-state index in [0.29, 0.717) is 0 Å². The molecule has 0 aliphatic heterocycles. The van der Waals surface area contributed by atoms with Crippen LogP contribution < -0.4 is 5.32 Å². The fourth-order valence-corrected chi connectivity index (χ4v) is 1.52. The molecule has 0 unspecified atom stereocenters. The number of methoxy groups -OCH3 is 1. The van der Waals surface area contributed by atoms with Crippen molar-refractivity contribution in [3.8, 4) is 0 Å². The highest BCUT2D eigenvalue weighted by atomic mass is 16.5. The first-order valence-corrected chi connectivity index (χ1v) is 6.25. The van der Waals surface area contributed by atoms with Crippen molar-refractivity contribution in [3.63, 3.8) is 0 Å². The lowest BCUT2D eigenvalue weighted by molar-refractivity contribution is 0.199. The maximum atomic E-state index is 4.95. The van der Waals surface area contributed by atoms with E-state index in [9.17, 15) is 0 Å². The van der Waals surface area contributed by atoms with Crippen LogP contribution in [0, 0.1) is 0 Å². The van der Waals surface area contributed by atoms with Crippen LogP contribution in [-0.4, -0.2) is 36.6 Å². The number of nitrogens with zero attached hydrogens (tertiary/aromatic N) is 2. The second-order valence-electron chi connectivity index (χ2n) is 3.97. The lowest BCUT2D eigenvalue weighted by atomic mass is 10.3. The minimum Gasteiger partial charge on any atom is -0.383 e. The third-order valence-corrected chi connectivity index (χ3v) is 2.39. The molecule has 0 aliphatic rings. The van der Waals surface area contributed by atoms with Gasteiger partial charge in [-0.1, -0.05) is 19.1 Å². The Morgan fingerprint density at radius 3 is 3.12 bits per heavy atom. The standard InChI is InChI=1S/C13H23N3O/c1-3-9-16-12-13(11-15-16)6-4-5-7-14-8-10-17-2/h4,6,11-12,14H,3,5,7-10H2,1-2H3. The monoisotopic (exact) mass is 237 g/mol. The molecule has 0 spiro atoms. The predicted octanol–water partition coefficient (Wildman–Crippen LogP) is 1.93. The van der Waals surface area contributed by atoms with Crippen molar-refractivity contribution < 1.29 is 4.74 Å². The van der Waals surface area contributed by atoms with Gasteiger partial charge in [-0.25, -0.2) is 0 Å². The van der Waals surface area contributed by atoms with Crippen molar-refractivity contribution in [1.82, 2.24) is 15.1 Å². The Labute approximate surface area is 104 Å².